The van der Waals surface area contributed by atoms with Crippen LogP contribution in [-0.4, -0.2) is 44.3 Å². The van der Waals surface area contributed by atoms with Crippen molar-refractivity contribution in [1.29, 1.82) is 0 Å². The van der Waals surface area contributed by atoms with Crippen LogP contribution < -0.4 is 0 Å². The van der Waals surface area contributed by atoms with Gasteiger partial charge in [-0.25, -0.2) is 4.79 Å². The van der Waals surface area contributed by atoms with Gasteiger partial charge in [0.25, 0.3) is 5.91 Å². The second kappa shape index (κ2) is 5.41. The number of rotatable bonds is 3. The Labute approximate surface area is 130 Å². The predicted octanol–water partition coefficient (Wildman–Crippen LogP) is 2.10. The Morgan fingerprint density at radius 2 is 2.09 bits per heavy atom. The highest BCUT2D eigenvalue weighted by molar-refractivity contribution is 5.97. The summed E-state index contributed by atoms with van der Waals surface area (Å²) in [5, 5.41) is 13.8. The van der Waals surface area contributed by atoms with Crippen molar-refractivity contribution in [1.82, 2.24) is 14.7 Å². The number of hydrogen-bond acceptors (Lipinski definition) is 3. The Morgan fingerprint density at radius 1 is 1.36 bits per heavy atom. The summed E-state index contributed by atoms with van der Waals surface area (Å²) in [4.78, 5) is 26.1. The molecule has 2 aliphatic rings. The SMILES string of the molecule is Cc1c(C(=O)N2C[C@@H]3CCC[C@H]3[C@@H]2C(=O)O)cnn1C(C)C. The molecular weight excluding hydrogens is 282 g/mol. The van der Waals surface area contributed by atoms with Crippen LogP contribution in [0.15, 0.2) is 6.20 Å². The third-order valence-electron chi connectivity index (χ3n) is 5.17. The van der Waals surface area contributed by atoms with E-state index in [0.717, 1.165) is 25.0 Å². The van der Waals surface area contributed by atoms with Crippen molar-refractivity contribution in [3.8, 4) is 0 Å². The number of fused-ring (bicyclic) bond motifs is 1. The molecule has 1 amide bonds. The average molecular weight is 305 g/mol. The Balaban J connectivity index is 1.90. The molecule has 1 aliphatic carbocycles. The number of carboxylic acids is 1. The third-order valence-corrected chi connectivity index (χ3v) is 5.17. The summed E-state index contributed by atoms with van der Waals surface area (Å²) in [6, 6.07) is -0.503. The van der Waals surface area contributed by atoms with Gasteiger partial charge < -0.3 is 10.0 Å². The highest BCUT2D eigenvalue weighted by Crippen LogP contribution is 2.42. The molecule has 0 aromatic carbocycles. The number of amides is 1. The van der Waals surface area contributed by atoms with Crippen molar-refractivity contribution in [3.63, 3.8) is 0 Å². The Kier molecular flexibility index (Phi) is 3.70. The summed E-state index contributed by atoms with van der Waals surface area (Å²) in [6.45, 7) is 6.45. The van der Waals surface area contributed by atoms with E-state index in [1.807, 2.05) is 20.8 Å². The first-order valence-corrected chi connectivity index (χ1v) is 7.99. The molecule has 3 rings (SSSR count). The molecule has 2 fully saturated rings. The molecule has 1 N–H and O–H groups in total. The molecule has 1 aromatic heterocycles. The van der Waals surface area contributed by atoms with Crippen LogP contribution >= 0.6 is 0 Å². The number of aromatic nitrogens is 2. The molecule has 2 heterocycles. The highest BCUT2D eigenvalue weighted by Gasteiger charge is 2.49. The topological polar surface area (TPSA) is 75.4 Å². The van der Waals surface area contributed by atoms with E-state index >= 15 is 0 Å². The maximum atomic E-state index is 12.9. The Hall–Kier alpha value is -1.85. The smallest absolute Gasteiger partial charge is 0.326 e. The zero-order valence-corrected chi connectivity index (χ0v) is 13.3. The van der Waals surface area contributed by atoms with E-state index < -0.39 is 12.0 Å². The van der Waals surface area contributed by atoms with Crippen molar-refractivity contribution in [3.05, 3.63) is 17.5 Å². The number of nitrogens with zero attached hydrogens (tertiary/aromatic N) is 3. The Morgan fingerprint density at radius 3 is 2.68 bits per heavy atom. The molecule has 1 saturated carbocycles. The fourth-order valence-corrected chi connectivity index (χ4v) is 4.14. The van der Waals surface area contributed by atoms with Crippen LogP contribution in [0.3, 0.4) is 0 Å². The molecular formula is C16H23N3O3. The zero-order valence-electron chi connectivity index (χ0n) is 13.3. The summed E-state index contributed by atoms with van der Waals surface area (Å²) < 4.78 is 1.81. The van der Waals surface area contributed by atoms with Crippen molar-refractivity contribution in [2.24, 2.45) is 11.8 Å². The molecule has 22 heavy (non-hydrogen) atoms. The molecule has 0 spiro atoms. The van der Waals surface area contributed by atoms with Crippen molar-refractivity contribution >= 4 is 11.9 Å². The lowest BCUT2D eigenvalue weighted by Crippen LogP contribution is -2.43. The number of carboxylic acid groups (broad SMARTS) is 1. The Bertz CT molecular complexity index is 608. The van der Waals surface area contributed by atoms with Crippen LogP contribution in [0.1, 0.15) is 55.2 Å². The summed E-state index contributed by atoms with van der Waals surface area (Å²) in [6.07, 6.45) is 4.59. The predicted molar refractivity (Wildman–Crippen MR) is 80.6 cm³/mol. The summed E-state index contributed by atoms with van der Waals surface area (Å²) in [7, 11) is 0. The maximum Gasteiger partial charge on any atom is 0.326 e. The van der Waals surface area contributed by atoms with Gasteiger partial charge in [0.05, 0.1) is 11.8 Å². The summed E-state index contributed by atoms with van der Waals surface area (Å²) in [5.74, 6) is -0.616. The number of carbonyl (C=O) groups is 2. The molecule has 0 unspecified atom stereocenters. The van der Waals surface area contributed by atoms with Gasteiger partial charge in [-0.1, -0.05) is 6.42 Å². The summed E-state index contributed by atoms with van der Waals surface area (Å²) in [5.41, 5.74) is 1.33. The van der Waals surface area contributed by atoms with Crippen molar-refractivity contribution in [2.45, 2.75) is 52.1 Å². The number of hydrogen-bond donors (Lipinski definition) is 1. The van der Waals surface area contributed by atoms with Gasteiger partial charge in [-0.15, -0.1) is 0 Å². The lowest BCUT2D eigenvalue weighted by atomic mass is 9.94. The first kappa shape index (κ1) is 15.1. The number of carbonyl (C=O) groups excluding carboxylic acids is 1. The highest BCUT2D eigenvalue weighted by atomic mass is 16.4. The monoisotopic (exact) mass is 305 g/mol. The van der Waals surface area contributed by atoms with E-state index in [1.165, 1.54) is 0 Å². The number of aliphatic carboxylic acids is 1. The van der Waals surface area contributed by atoms with E-state index in [0.29, 0.717) is 18.0 Å². The molecule has 3 atom stereocenters. The minimum atomic E-state index is -0.878. The van der Waals surface area contributed by atoms with Gasteiger partial charge in [0.1, 0.15) is 6.04 Å². The van der Waals surface area contributed by atoms with Crippen LogP contribution in [-0.2, 0) is 4.79 Å². The normalized spacial score (nSPS) is 27.5. The van der Waals surface area contributed by atoms with E-state index in [1.54, 1.807) is 15.8 Å². The largest absolute Gasteiger partial charge is 0.480 e. The first-order chi connectivity index (χ1) is 10.4. The van der Waals surface area contributed by atoms with Gasteiger partial charge in [0.15, 0.2) is 0 Å². The molecule has 6 nitrogen and oxygen atoms in total. The van der Waals surface area contributed by atoms with Crippen LogP contribution in [0.25, 0.3) is 0 Å². The standard InChI is InChI=1S/C16H23N3O3/c1-9(2)19-10(3)13(7-17-19)15(20)18-8-11-5-4-6-12(11)14(18)16(21)22/h7,9,11-12,14H,4-6,8H2,1-3H3,(H,21,22)/t11-,12+,14+/m0/s1. The average Bonchev–Trinajstić information content (AvgIpc) is 3.09. The molecule has 1 aromatic rings. The van der Waals surface area contributed by atoms with Gasteiger partial charge in [-0.05, 0) is 45.4 Å². The molecule has 1 saturated heterocycles. The lowest BCUT2D eigenvalue weighted by Gasteiger charge is -2.24. The molecule has 1 aliphatic heterocycles. The third kappa shape index (κ3) is 2.21. The second-order valence-corrected chi connectivity index (χ2v) is 6.78. The second-order valence-electron chi connectivity index (χ2n) is 6.78. The first-order valence-electron chi connectivity index (χ1n) is 7.99. The molecule has 0 bridgehead atoms. The van der Waals surface area contributed by atoms with Gasteiger partial charge in [-0.3, -0.25) is 9.48 Å². The fourth-order valence-electron chi connectivity index (χ4n) is 4.14. The quantitative estimate of drug-likeness (QED) is 0.928. The van der Waals surface area contributed by atoms with Gasteiger partial charge in [0, 0.05) is 18.3 Å². The van der Waals surface area contributed by atoms with Crippen LogP contribution in [0.5, 0.6) is 0 Å². The van der Waals surface area contributed by atoms with E-state index in [2.05, 4.69) is 5.10 Å². The van der Waals surface area contributed by atoms with Gasteiger partial charge in [-0.2, -0.15) is 5.10 Å². The minimum absolute atomic E-state index is 0.113. The van der Waals surface area contributed by atoms with Gasteiger partial charge >= 0.3 is 5.97 Å². The number of likely N-dealkylation sites (tertiary alicyclic amines) is 1. The molecule has 6 heteroatoms. The van der Waals surface area contributed by atoms with Crippen LogP contribution in [0.2, 0.25) is 0 Å². The molecule has 0 radical (unpaired) electrons. The van der Waals surface area contributed by atoms with E-state index in [-0.39, 0.29) is 17.9 Å². The van der Waals surface area contributed by atoms with Crippen molar-refractivity contribution in [2.75, 3.05) is 6.54 Å². The van der Waals surface area contributed by atoms with Crippen LogP contribution in [0.4, 0.5) is 0 Å². The minimum Gasteiger partial charge on any atom is -0.480 e. The van der Waals surface area contributed by atoms with E-state index in [4.69, 9.17) is 0 Å². The molecule has 120 valence electrons. The van der Waals surface area contributed by atoms with Gasteiger partial charge in [0.2, 0.25) is 0 Å². The lowest BCUT2D eigenvalue weighted by molar-refractivity contribution is -0.142. The summed E-state index contributed by atoms with van der Waals surface area (Å²) >= 11 is 0. The fraction of sp³-hybridized carbons (Fsp3) is 0.688. The van der Waals surface area contributed by atoms with Crippen molar-refractivity contribution < 1.29 is 14.7 Å². The van der Waals surface area contributed by atoms with Crippen LogP contribution in [0, 0.1) is 18.8 Å². The maximum absolute atomic E-state index is 12.9. The van der Waals surface area contributed by atoms with E-state index in [9.17, 15) is 14.7 Å². The zero-order chi connectivity index (χ0) is 16.0.